The van der Waals surface area contributed by atoms with Crippen molar-refractivity contribution >= 4 is 29.1 Å². The number of rotatable bonds is 2. The van der Waals surface area contributed by atoms with Crippen LogP contribution in [0, 0.1) is 5.92 Å². The second kappa shape index (κ2) is 5.48. The van der Waals surface area contributed by atoms with Gasteiger partial charge in [-0.1, -0.05) is 17.7 Å². The molecule has 1 spiro atoms. The molecule has 0 amide bonds. The molecule has 0 bridgehead atoms. The molecule has 2 unspecified atom stereocenters. The summed E-state index contributed by atoms with van der Waals surface area (Å²) in [5, 5.41) is 0.387. The van der Waals surface area contributed by atoms with Gasteiger partial charge in [-0.25, -0.2) is 0 Å². The lowest BCUT2D eigenvalue weighted by Gasteiger charge is -2.35. The molecule has 1 aliphatic carbocycles. The molecule has 0 saturated carbocycles. The van der Waals surface area contributed by atoms with Crippen LogP contribution in [0.4, 0.5) is 0 Å². The molecule has 0 N–H and O–H groups in total. The Balaban J connectivity index is 2.17. The highest BCUT2D eigenvalue weighted by Crippen LogP contribution is 2.43. The van der Waals surface area contributed by atoms with E-state index in [1.165, 1.54) is 6.07 Å². The molecular formula is C16H15ClO5. The molecule has 5 nitrogen and oxygen atoms in total. The van der Waals surface area contributed by atoms with Gasteiger partial charge in [0.1, 0.15) is 0 Å². The van der Waals surface area contributed by atoms with Crippen molar-refractivity contribution in [3.63, 3.8) is 0 Å². The number of Topliss-reactive ketones (excluding diaryl/α,β-unsaturated/α-hetero) is 2. The fourth-order valence-corrected chi connectivity index (χ4v) is 3.40. The zero-order valence-corrected chi connectivity index (χ0v) is 12.8. The third-order valence-electron chi connectivity index (χ3n) is 4.30. The van der Waals surface area contributed by atoms with Crippen LogP contribution in [-0.2, 0) is 24.5 Å². The SMILES string of the molecule is CCOC(=O)C1C(=O)c2cc(Cl)ccc2C2(CCOC2)C1=O. The van der Waals surface area contributed by atoms with Gasteiger partial charge in [-0.15, -0.1) is 0 Å². The van der Waals surface area contributed by atoms with Gasteiger partial charge in [0.25, 0.3) is 0 Å². The molecule has 1 fully saturated rings. The number of benzene rings is 1. The molecule has 1 aromatic carbocycles. The number of carbonyl (C=O) groups excluding carboxylic acids is 3. The van der Waals surface area contributed by atoms with Gasteiger partial charge >= 0.3 is 5.97 Å². The van der Waals surface area contributed by atoms with Crippen LogP contribution >= 0.6 is 11.6 Å². The maximum absolute atomic E-state index is 12.9. The van der Waals surface area contributed by atoms with Crippen molar-refractivity contribution in [2.24, 2.45) is 5.92 Å². The van der Waals surface area contributed by atoms with E-state index in [9.17, 15) is 14.4 Å². The van der Waals surface area contributed by atoms with Crippen LogP contribution in [0.2, 0.25) is 5.02 Å². The van der Waals surface area contributed by atoms with Crippen LogP contribution in [0.15, 0.2) is 18.2 Å². The Bertz CT molecular complexity index is 661. The second-order valence-corrected chi connectivity index (χ2v) is 5.92. The number of ether oxygens (including phenoxy) is 2. The Kier molecular flexibility index (Phi) is 3.78. The van der Waals surface area contributed by atoms with Crippen molar-refractivity contribution in [3.8, 4) is 0 Å². The third-order valence-corrected chi connectivity index (χ3v) is 4.54. The molecule has 22 heavy (non-hydrogen) atoms. The number of esters is 1. The van der Waals surface area contributed by atoms with Gasteiger partial charge in [0.05, 0.1) is 18.6 Å². The highest BCUT2D eigenvalue weighted by molar-refractivity contribution is 6.32. The fraction of sp³-hybridized carbons (Fsp3) is 0.438. The minimum atomic E-state index is -1.42. The average molecular weight is 323 g/mol. The molecule has 1 heterocycles. The van der Waals surface area contributed by atoms with Crippen LogP contribution in [0.1, 0.15) is 29.3 Å². The number of ketones is 2. The topological polar surface area (TPSA) is 69.7 Å². The van der Waals surface area contributed by atoms with Crippen LogP contribution in [0.25, 0.3) is 0 Å². The summed E-state index contributed by atoms with van der Waals surface area (Å²) in [6.07, 6.45) is 0.448. The van der Waals surface area contributed by atoms with Gasteiger partial charge in [-0.2, -0.15) is 0 Å². The van der Waals surface area contributed by atoms with E-state index in [0.717, 1.165) is 0 Å². The van der Waals surface area contributed by atoms with Crippen molar-refractivity contribution in [1.29, 1.82) is 0 Å². The summed E-state index contributed by atoms with van der Waals surface area (Å²) in [4.78, 5) is 37.6. The molecule has 6 heteroatoms. The first-order valence-electron chi connectivity index (χ1n) is 7.14. The highest BCUT2D eigenvalue weighted by Gasteiger charge is 2.56. The highest BCUT2D eigenvalue weighted by atomic mass is 35.5. The summed E-state index contributed by atoms with van der Waals surface area (Å²) in [5.74, 6) is -3.19. The minimum absolute atomic E-state index is 0.113. The third kappa shape index (κ3) is 2.08. The standard InChI is InChI=1S/C16H15ClO5/c1-2-22-15(20)12-13(18)10-7-9(17)3-4-11(10)16(14(12)19)5-6-21-8-16/h3-4,7,12H,2,5-6,8H2,1H3. The van der Waals surface area contributed by atoms with Crippen molar-refractivity contribution in [3.05, 3.63) is 34.3 Å². The summed E-state index contributed by atoms with van der Waals surface area (Å²) in [6.45, 7) is 2.33. The lowest BCUT2D eigenvalue weighted by molar-refractivity contribution is -0.151. The van der Waals surface area contributed by atoms with E-state index in [-0.39, 0.29) is 13.2 Å². The van der Waals surface area contributed by atoms with Crippen LogP contribution in [0.5, 0.6) is 0 Å². The Hall–Kier alpha value is -1.72. The van der Waals surface area contributed by atoms with Gasteiger partial charge in [0, 0.05) is 17.2 Å². The van der Waals surface area contributed by atoms with E-state index >= 15 is 0 Å². The van der Waals surface area contributed by atoms with Gasteiger partial charge in [0.2, 0.25) is 0 Å². The van der Waals surface area contributed by atoms with E-state index in [1.54, 1.807) is 19.1 Å². The Labute approximate surface area is 132 Å². The largest absolute Gasteiger partial charge is 0.465 e. The van der Waals surface area contributed by atoms with E-state index in [0.29, 0.717) is 29.2 Å². The molecule has 2 aliphatic rings. The van der Waals surface area contributed by atoms with E-state index < -0.39 is 28.9 Å². The van der Waals surface area contributed by atoms with E-state index in [1.807, 2.05) is 0 Å². The van der Waals surface area contributed by atoms with Crippen molar-refractivity contribution in [2.45, 2.75) is 18.8 Å². The molecular weight excluding hydrogens is 308 g/mol. The molecule has 1 aromatic rings. The molecule has 3 rings (SSSR count). The summed E-state index contributed by atoms with van der Waals surface area (Å²) < 4.78 is 10.3. The van der Waals surface area contributed by atoms with Gasteiger partial charge in [-0.3, -0.25) is 14.4 Å². The van der Waals surface area contributed by atoms with Gasteiger partial charge < -0.3 is 9.47 Å². The molecule has 116 valence electrons. The predicted octanol–water partition coefficient (Wildman–Crippen LogP) is 1.94. The normalized spacial score (nSPS) is 27.1. The Morgan fingerprint density at radius 3 is 2.86 bits per heavy atom. The monoisotopic (exact) mass is 322 g/mol. The second-order valence-electron chi connectivity index (χ2n) is 5.49. The molecule has 1 aliphatic heterocycles. The summed E-state index contributed by atoms with van der Waals surface area (Å²) in [5.41, 5.74) is -0.0359. The van der Waals surface area contributed by atoms with Crippen molar-refractivity contribution < 1.29 is 23.9 Å². The number of hydrogen-bond donors (Lipinski definition) is 0. The first-order chi connectivity index (χ1) is 10.5. The lowest BCUT2D eigenvalue weighted by Crippen LogP contribution is -2.51. The molecule has 0 radical (unpaired) electrons. The van der Waals surface area contributed by atoms with Crippen molar-refractivity contribution in [2.75, 3.05) is 19.8 Å². The Morgan fingerprint density at radius 2 is 2.23 bits per heavy atom. The smallest absolute Gasteiger partial charge is 0.324 e. The minimum Gasteiger partial charge on any atom is -0.465 e. The van der Waals surface area contributed by atoms with Crippen LogP contribution < -0.4 is 0 Å². The number of hydrogen-bond acceptors (Lipinski definition) is 5. The van der Waals surface area contributed by atoms with Crippen molar-refractivity contribution in [1.82, 2.24) is 0 Å². The van der Waals surface area contributed by atoms with Gasteiger partial charge in [0.15, 0.2) is 17.5 Å². The molecule has 2 atom stereocenters. The lowest BCUT2D eigenvalue weighted by atomic mass is 9.64. The van der Waals surface area contributed by atoms with E-state index in [2.05, 4.69) is 0 Å². The maximum atomic E-state index is 12.9. The summed E-state index contributed by atoms with van der Waals surface area (Å²) in [6, 6.07) is 4.84. The summed E-state index contributed by atoms with van der Waals surface area (Å²) >= 11 is 5.98. The Morgan fingerprint density at radius 1 is 1.45 bits per heavy atom. The first-order valence-corrected chi connectivity index (χ1v) is 7.52. The number of carbonyl (C=O) groups is 3. The summed E-state index contributed by atoms with van der Waals surface area (Å²) in [7, 11) is 0. The fourth-order valence-electron chi connectivity index (χ4n) is 3.23. The molecule has 1 saturated heterocycles. The zero-order valence-electron chi connectivity index (χ0n) is 12.1. The predicted molar refractivity (Wildman–Crippen MR) is 78.0 cm³/mol. The van der Waals surface area contributed by atoms with Crippen LogP contribution in [-0.4, -0.2) is 37.4 Å². The maximum Gasteiger partial charge on any atom is 0.324 e. The number of halogens is 1. The molecule has 0 aromatic heterocycles. The van der Waals surface area contributed by atoms with Crippen LogP contribution in [0.3, 0.4) is 0 Å². The average Bonchev–Trinajstić information content (AvgIpc) is 2.96. The van der Waals surface area contributed by atoms with Gasteiger partial charge in [-0.05, 0) is 31.0 Å². The number of fused-ring (bicyclic) bond motifs is 2. The first kappa shape index (κ1) is 15.2. The zero-order chi connectivity index (χ0) is 15.9. The van der Waals surface area contributed by atoms with E-state index in [4.69, 9.17) is 21.1 Å². The quantitative estimate of drug-likeness (QED) is 0.615.